The number of carbonyl (C=O) groups is 3. The molecule has 65 heavy (non-hydrogen) atoms. The quantitative estimate of drug-likeness (QED) is 0.0527. The van der Waals surface area contributed by atoms with Crippen LogP contribution in [0, 0.1) is 33.1 Å². The molecule has 1 saturated heterocycles. The summed E-state index contributed by atoms with van der Waals surface area (Å²) in [5.41, 5.74) is 7.70. The number of ether oxygens (including phenoxy) is 1. The maximum atomic E-state index is 14.0. The number of amides is 3. The van der Waals surface area contributed by atoms with Gasteiger partial charge in [0, 0.05) is 48.5 Å². The number of thiophene rings is 1. The van der Waals surface area contributed by atoms with Crippen molar-refractivity contribution in [1.29, 1.82) is 0 Å². The first-order valence-corrected chi connectivity index (χ1v) is 23.6. The molecule has 0 aliphatic carbocycles. The molecule has 3 amide bonds. The van der Waals surface area contributed by atoms with Gasteiger partial charge in [0.15, 0.2) is 5.82 Å². The van der Waals surface area contributed by atoms with Gasteiger partial charge in [-0.25, -0.2) is 4.98 Å². The number of phenols is 1. The number of phenolic OH excluding ortho intramolecular Hbond substituents is 1. The number of benzene rings is 2. The number of nitrogens with zero attached hydrogens (tertiary/aromatic N) is 6. The van der Waals surface area contributed by atoms with Crippen molar-refractivity contribution in [2.24, 2.45) is 10.4 Å². The van der Waals surface area contributed by atoms with Gasteiger partial charge in [0.2, 0.25) is 17.7 Å². The van der Waals surface area contributed by atoms with Crippen molar-refractivity contribution in [3.05, 3.63) is 98.5 Å². The van der Waals surface area contributed by atoms with Gasteiger partial charge in [-0.05, 0) is 93.5 Å². The third-order valence-corrected chi connectivity index (χ3v) is 14.0. The van der Waals surface area contributed by atoms with Crippen LogP contribution in [0.3, 0.4) is 0 Å². The fraction of sp³-hybridized carbons (Fsp3) is 0.468. The first kappa shape index (κ1) is 47.6. The van der Waals surface area contributed by atoms with E-state index >= 15 is 0 Å². The largest absolute Gasteiger partial charge is 0.508 e. The zero-order valence-corrected chi connectivity index (χ0v) is 39.6. The monoisotopic (exact) mass is 925 g/mol. The number of aliphatic hydroxyl groups is 2. The summed E-state index contributed by atoms with van der Waals surface area (Å²) in [7, 11) is 0. The fourth-order valence-corrected chi connectivity index (χ4v) is 10.2. The van der Waals surface area contributed by atoms with Gasteiger partial charge in [0.25, 0.3) is 0 Å². The second-order valence-corrected chi connectivity index (χ2v) is 19.9. The number of aliphatic imine (C=N–C) groups is 1. The van der Waals surface area contributed by atoms with Crippen molar-refractivity contribution in [3.8, 4) is 21.2 Å². The summed E-state index contributed by atoms with van der Waals surface area (Å²) in [4.78, 5) is 53.8. The smallest absolute Gasteiger partial charge is 0.246 e. The van der Waals surface area contributed by atoms with E-state index in [1.54, 1.807) is 34.8 Å². The van der Waals surface area contributed by atoms with E-state index in [0.29, 0.717) is 25.2 Å². The number of β-amino-alcohol motifs (C(OH)–C–C–N with tert-alkyl or cyclic N) is 1. The van der Waals surface area contributed by atoms with Crippen LogP contribution < -0.4 is 16.0 Å². The van der Waals surface area contributed by atoms with Gasteiger partial charge < -0.3 is 35.6 Å². The molecule has 0 bridgehead atoms. The number of rotatable bonds is 17. The Morgan fingerprint density at radius 2 is 1.71 bits per heavy atom. The van der Waals surface area contributed by atoms with E-state index in [-0.39, 0.29) is 50.8 Å². The summed E-state index contributed by atoms with van der Waals surface area (Å²) in [6.07, 6.45) is -0.204. The summed E-state index contributed by atoms with van der Waals surface area (Å²) in [5, 5.41) is 50.6. The molecule has 5 aromatic rings. The minimum absolute atomic E-state index is 0.0211. The SMILES string of the molecule is Cc1ncsc1-c1ccc(CNC(=O)[C@@H]2CC(O)CN2C(=O)[C@@H](NC(=O)COCCCCNC(O)CC2N=C(c3ccc(O)cc3)c3c(sc(C)c3C)-n3c(C)nnc32)C(C)(C)C)cc1. The molecule has 3 unspecified atom stereocenters. The summed E-state index contributed by atoms with van der Waals surface area (Å²) >= 11 is 3.22. The van der Waals surface area contributed by atoms with Crippen molar-refractivity contribution < 1.29 is 34.4 Å². The van der Waals surface area contributed by atoms with Crippen LogP contribution in [0.25, 0.3) is 15.4 Å². The molecule has 16 nitrogen and oxygen atoms in total. The molecule has 0 spiro atoms. The first-order valence-electron chi connectivity index (χ1n) is 21.9. The van der Waals surface area contributed by atoms with E-state index in [1.165, 1.54) is 4.90 Å². The minimum atomic E-state index is -0.972. The molecule has 2 aromatic carbocycles. The maximum absolute atomic E-state index is 14.0. The van der Waals surface area contributed by atoms with E-state index in [2.05, 4.69) is 45.0 Å². The highest BCUT2D eigenvalue weighted by molar-refractivity contribution is 7.15. The molecular formula is C47H59N9O7S2. The molecule has 2 aliphatic heterocycles. The van der Waals surface area contributed by atoms with Crippen molar-refractivity contribution in [1.82, 2.24) is 40.6 Å². The van der Waals surface area contributed by atoms with E-state index < -0.39 is 47.7 Å². The minimum Gasteiger partial charge on any atom is -0.508 e. The zero-order chi connectivity index (χ0) is 46.6. The number of carbonyl (C=O) groups excluding carboxylic acids is 3. The predicted molar refractivity (Wildman–Crippen MR) is 250 cm³/mol. The molecule has 18 heteroatoms. The molecule has 346 valence electrons. The number of hydrogen-bond acceptors (Lipinski definition) is 14. The van der Waals surface area contributed by atoms with Crippen molar-refractivity contribution in [3.63, 3.8) is 0 Å². The fourth-order valence-electron chi connectivity index (χ4n) is 8.21. The van der Waals surface area contributed by atoms with E-state index in [4.69, 9.17) is 9.73 Å². The summed E-state index contributed by atoms with van der Waals surface area (Å²) < 4.78 is 7.73. The summed E-state index contributed by atoms with van der Waals surface area (Å²) in [5.74, 6) is 0.239. The average Bonchev–Trinajstić information content (AvgIpc) is 4.03. The second-order valence-electron chi connectivity index (χ2n) is 17.9. The number of fused-ring (bicyclic) bond motifs is 3. The number of aromatic nitrogens is 4. The van der Waals surface area contributed by atoms with Crippen LogP contribution in [0.5, 0.6) is 5.75 Å². The molecule has 5 heterocycles. The number of aromatic hydroxyl groups is 1. The molecule has 7 rings (SSSR count). The Morgan fingerprint density at radius 1 is 0.985 bits per heavy atom. The number of unbranched alkanes of at least 4 members (excludes halogenated alkanes) is 1. The highest BCUT2D eigenvalue weighted by Crippen LogP contribution is 2.40. The van der Waals surface area contributed by atoms with Gasteiger partial charge >= 0.3 is 0 Å². The summed E-state index contributed by atoms with van der Waals surface area (Å²) in [6.45, 7) is 14.2. The molecule has 0 radical (unpaired) electrons. The van der Waals surface area contributed by atoms with Gasteiger partial charge in [-0.3, -0.25) is 29.3 Å². The highest BCUT2D eigenvalue weighted by Gasteiger charge is 2.44. The van der Waals surface area contributed by atoms with Gasteiger partial charge in [0.1, 0.15) is 47.5 Å². The van der Waals surface area contributed by atoms with Gasteiger partial charge in [-0.1, -0.05) is 45.0 Å². The number of thiazole rings is 1. The molecule has 2 aliphatic rings. The topological polar surface area (TPSA) is 216 Å². The lowest BCUT2D eigenvalue weighted by Crippen LogP contribution is -2.58. The standard InChI is InChI=1S/C47H59N9O7S2/c1-26-28(3)65-46-39(26)40(31-14-16-33(57)17-15-31)51-35(43-54-53-29(4)56(43)46)21-37(59)48-18-8-9-19-63-24-38(60)52-42(47(5,6)7)45(62)55-23-34(58)20-36(55)44(61)49-22-30-10-12-32(13-11-30)41-27(2)50-25-64-41/h10-17,25,34-37,42,48,57-59H,8-9,18-24H2,1-7H3,(H,49,61)(H,52,60)/t34?,35?,36-,37?,42+/m0/s1. The number of nitrogens with one attached hydrogen (secondary N) is 3. The number of hydrogen-bond donors (Lipinski definition) is 6. The van der Waals surface area contributed by atoms with Crippen molar-refractivity contribution >= 4 is 46.1 Å². The molecule has 3 aromatic heterocycles. The number of likely N-dealkylation sites (tertiary alicyclic amines) is 1. The van der Waals surface area contributed by atoms with Crippen LogP contribution in [0.4, 0.5) is 0 Å². The lowest BCUT2D eigenvalue weighted by molar-refractivity contribution is -0.144. The van der Waals surface area contributed by atoms with Gasteiger partial charge in [-0.15, -0.1) is 32.9 Å². The Kier molecular flexibility index (Phi) is 15.0. The van der Waals surface area contributed by atoms with Crippen LogP contribution in [-0.2, 0) is 25.7 Å². The number of aliphatic hydroxyl groups excluding tert-OH is 2. The van der Waals surface area contributed by atoms with Crippen LogP contribution in [-0.4, -0.2) is 114 Å². The Bertz CT molecular complexity index is 2510. The molecular weight excluding hydrogens is 867 g/mol. The predicted octanol–water partition coefficient (Wildman–Crippen LogP) is 5.19. The molecule has 6 N–H and O–H groups in total. The van der Waals surface area contributed by atoms with Gasteiger partial charge in [-0.2, -0.15) is 0 Å². The molecule has 0 saturated carbocycles. The van der Waals surface area contributed by atoms with Crippen molar-refractivity contribution in [2.45, 2.75) is 111 Å². The Hall–Kier alpha value is -5.37. The molecule has 1 fully saturated rings. The normalized spacial score (nSPS) is 18.1. The van der Waals surface area contributed by atoms with E-state index in [1.807, 2.05) is 81.1 Å². The number of aryl methyl sites for hydroxylation is 3. The zero-order valence-electron chi connectivity index (χ0n) is 37.9. The first-order chi connectivity index (χ1) is 31.0. The van der Waals surface area contributed by atoms with E-state index in [0.717, 1.165) is 59.8 Å². The van der Waals surface area contributed by atoms with Crippen LogP contribution in [0.1, 0.15) is 97.0 Å². The van der Waals surface area contributed by atoms with Crippen LogP contribution in [0.15, 0.2) is 59.0 Å². The lowest BCUT2D eigenvalue weighted by atomic mass is 9.85. The van der Waals surface area contributed by atoms with Crippen LogP contribution in [0.2, 0.25) is 0 Å². The molecule has 5 atom stereocenters. The van der Waals surface area contributed by atoms with Crippen molar-refractivity contribution in [2.75, 3.05) is 26.3 Å². The maximum Gasteiger partial charge on any atom is 0.246 e. The highest BCUT2D eigenvalue weighted by atomic mass is 32.1. The van der Waals surface area contributed by atoms with Crippen LogP contribution >= 0.6 is 22.7 Å². The summed E-state index contributed by atoms with van der Waals surface area (Å²) in [6, 6.07) is 12.5. The third kappa shape index (κ3) is 11.0. The van der Waals surface area contributed by atoms with Gasteiger partial charge in [0.05, 0.1) is 27.9 Å². The Labute approximate surface area is 387 Å². The Morgan fingerprint density at radius 3 is 2.40 bits per heavy atom. The lowest BCUT2D eigenvalue weighted by Gasteiger charge is -2.35. The third-order valence-electron chi connectivity index (χ3n) is 11.9. The Balaban J connectivity index is 0.872. The second kappa shape index (κ2) is 20.4. The average molecular weight is 926 g/mol. The van der Waals surface area contributed by atoms with E-state index in [9.17, 15) is 29.7 Å².